The number of hydrogen-bond donors (Lipinski definition) is 1. The lowest BCUT2D eigenvalue weighted by molar-refractivity contribution is 0.0229. The van der Waals surface area contributed by atoms with Crippen LogP contribution in [0.2, 0.25) is 0 Å². The van der Waals surface area contributed by atoms with Gasteiger partial charge in [0.2, 0.25) is 0 Å². The minimum absolute atomic E-state index is 0.179. The van der Waals surface area contributed by atoms with Crippen molar-refractivity contribution in [1.29, 1.82) is 0 Å². The molecule has 3 rings (SSSR count). The molecule has 0 aliphatic carbocycles. The molecule has 114 valence electrons. The van der Waals surface area contributed by atoms with E-state index in [1.54, 1.807) is 10.8 Å². The van der Waals surface area contributed by atoms with Crippen molar-refractivity contribution in [3.05, 3.63) is 21.3 Å². The molecule has 1 N–H and O–H groups in total. The first kappa shape index (κ1) is 14.7. The smallest absolute Gasteiger partial charge is 0.329 e. The molecule has 1 aliphatic heterocycles. The van der Waals surface area contributed by atoms with Crippen molar-refractivity contribution in [3.63, 3.8) is 0 Å². The quantitative estimate of drug-likeness (QED) is 0.886. The molecular weight excluding hydrogens is 338 g/mol. The number of rotatable bonds is 3. The van der Waals surface area contributed by atoms with Crippen LogP contribution in [0.15, 0.2) is 15.6 Å². The highest BCUT2D eigenvalue weighted by Gasteiger charge is 2.29. The van der Waals surface area contributed by atoms with E-state index in [0.29, 0.717) is 15.9 Å². The van der Waals surface area contributed by atoms with E-state index in [2.05, 4.69) is 35.8 Å². The molecule has 1 aliphatic rings. The van der Waals surface area contributed by atoms with Gasteiger partial charge in [-0.25, -0.2) is 14.8 Å². The molecule has 0 amide bonds. The van der Waals surface area contributed by atoms with Gasteiger partial charge in [0.15, 0.2) is 11.3 Å². The summed E-state index contributed by atoms with van der Waals surface area (Å²) in [6, 6.07) is 0. The average Bonchev–Trinajstić information content (AvgIpc) is 2.75. The number of aromatic nitrogens is 4. The van der Waals surface area contributed by atoms with Crippen LogP contribution in [0.5, 0.6) is 0 Å². The van der Waals surface area contributed by atoms with Crippen LogP contribution < -0.4 is 5.69 Å². The highest BCUT2D eigenvalue weighted by atomic mass is 79.9. The maximum absolute atomic E-state index is 12.3. The minimum Gasteiger partial charge on any atom is -0.379 e. The molecule has 0 spiro atoms. The molecule has 8 heteroatoms. The van der Waals surface area contributed by atoms with Crippen molar-refractivity contribution < 1.29 is 4.74 Å². The van der Waals surface area contributed by atoms with E-state index >= 15 is 0 Å². The molecule has 0 atom stereocenters. The van der Waals surface area contributed by atoms with E-state index in [1.165, 1.54) is 0 Å². The maximum atomic E-state index is 12.3. The fourth-order valence-electron chi connectivity index (χ4n) is 2.79. The van der Waals surface area contributed by atoms with E-state index in [0.717, 1.165) is 32.8 Å². The van der Waals surface area contributed by atoms with Crippen molar-refractivity contribution in [2.24, 2.45) is 0 Å². The summed E-state index contributed by atoms with van der Waals surface area (Å²) < 4.78 is 7.68. The van der Waals surface area contributed by atoms with Crippen LogP contribution in [0.1, 0.15) is 13.8 Å². The van der Waals surface area contributed by atoms with Crippen molar-refractivity contribution in [2.75, 3.05) is 32.8 Å². The zero-order valence-corrected chi connectivity index (χ0v) is 13.7. The third kappa shape index (κ3) is 2.88. The van der Waals surface area contributed by atoms with Crippen LogP contribution >= 0.6 is 15.9 Å². The van der Waals surface area contributed by atoms with Crippen LogP contribution in [0.3, 0.4) is 0 Å². The Morgan fingerprint density at radius 3 is 2.86 bits per heavy atom. The van der Waals surface area contributed by atoms with Crippen LogP contribution in [0.25, 0.3) is 11.3 Å². The van der Waals surface area contributed by atoms with Gasteiger partial charge in [0.1, 0.15) is 4.60 Å². The number of H-pyrrole nitrogens is 1. The molecule has 1 fully saturated rings. The van der Waals surface area contributed by atoms with Gasteiger partial charge in [0.05, 0.1) is 24.9 Å². The SMILES string of the molecule is CC(C)(CN1CCOCC1)n1c(=O)[nH]c2ncc(Br)nc21. The van der Waals surface area contributed by atoms with Gasteiger partial charge in [0, 0.05) is 19.6 Å². The Bertz CT molecular complexity index is 702. The number of ether oxygens (including phenoxy) is 1. The monoisotopic (exact) mass is 355 g/mol. The summed E-state index contributed by atoms with van der Waals surface area (Å²) in [5, 5.41) is 0. The Kier molecular flexibility index (Phi) is 3.85. The average molecular weight is 356 g/mol. The summed E-state index contributed by atoms with van der Waals surface area (Å²) in [4.78, 5) is 26.0. The Balaban J connectivity index is 1.99. The van der Waals surface area contributed by atoms with Crippen LogP contribution in [-0.4, -0.2) is 57.3 Å². The summed E-state index contributed by atoms with van der Waals surface area (Å²) in [6.45, 7) is 8.09. The van der Waals surface area contributed by atoms with Crippen molar-refractivity contribution in [1.82, 2.24) is 24.4 Å². The molecule has 1 saturated heterocycles. The van der Waals surface area contributed by atoms with Gasteiger partial charge in [-0.1, -0.05) is 0 Å². The maximum Gasteiger partial charge on any atom is 0.329 e. The fourth-order valence-corrected chi connectivity index (χ4v) is 3.07. The van der Waals surface area contributed by atoms with Gasteiger partial charge in [0.25, 0.3) is 0 Å². The van der Waals surface area contributed by atoms with Crippen molar-refractivity contribution >= 4 is 27.2 Å². The first-order chi connectivity index (χ1) is 9.97. The second-order valence-electron chi connectivity index (χ2n) is 5.83. The topological polar surface area (TPSA) is 76.0 Å². The number of aromatic amines is 1. The van der Waals surface area contributed by atoms with Gasteiger partial charge in [-0.05, 0) is 29.8 Å². The number of hydrogen-bond acceptors (Lipinski definition) is 5. The van der Waals surface area contributed by atoms with E-state index in [9.17, 15) is 4.79 Å². The molecule has 0 aromatic carbocycles. The van der Waals surface area contributed by atoms with Gasteiger partial charge < -0.3 is 4.74 Å². The highest BCUT2D eigenvalue weighted by Crippen LogP contribution is 2.20. The molecule has 3 heterocycles. The predicted molar refractivity (Wildman–Crippen MR) is 82.4 cm³/mol. The minimum atomic E-state index is -0.387. The number of nitrogens with one attached hydrogen (secondary N) is 1. The zero-order chi connectivity index (χ0) is 15.0. The van der Waals surface area contributed by atoms with Crippen molar-refractivity contribution in [3.8, 4) is 0 Å². The Morgan fingerprint density at radius 1 is 1.43 bits per heavy atom. The molecular formula is C13H18BrN5O2. The second kappa shape index (κ2) is 5.51. The molecule has 7 nitrogen and oxygen atoms in total. The third-order valence-corrected chi connectivity index (χ3v) is 4.07. The normalized spacial score (nSPS) is 17.5. The molecule has 2 aromatic rings. The number of nitrogens with zero attached hydrogens (tertiary/aromatic N) is 4. The zero-order valence-electron chi connectivity index (χ0n) is 12.1. The first-order valence-electron chi connectivity index (χ1n) is 6.91. The molecule has 0 saturated carbocycles. The molecule has 0 unspecified atom stereocenters. The third-order valence-electron chi connectivity index (χ3n) is 3.68. The Hall–Kier alpha value is -1.25. The molecule has 2 aromatic heterocycles. The highest BCUT2D eigenvalue weighted by molar-refractivity contribution is 9.10. The number of halogens is 1. The molecule has 21 heavy (non-hydrogen) atoms. The summed E-state index contributed by atoms with van der Waals surface area (Å²) in [5.41, 5.74) is 0.523. The number of fused-ring (bicyclic) bond motifs is 1. The standard InChI is InChI=1S/C13H18BrN5O2/c1-13(2,8-18-3-5-21-6-4-18)19-11-10(17-12(19)20)15-7-9(14)16-11/h7H,3-6,8H2,1-2H3,(H,15,17,20). The van der Waals surface area contributed by atoms with E-state index < -0.39 is 0 Å². The van der Waals surface area contributed by atoms with Gasteiger partial charge in [-0.15, -0.1) is 0 Å². The van der Waals surface area contributed by atoms with Crippen LogP contribution in [0.4, 0.5) is 0 Å². The van der Waals surface area contributed by atoms with Gasteiger partial charge in [-0.2, -0.15) is 0 Å². The molecule has 0 bridgehead atoms. The second-order valence-corrected chi connectivity index (χ2v) is 6.64. The predicted octanol–water partition coefficient (Wildman–Crippen LogP) is 0.949. The summed E-state index contributed by atoms with van der Waals surface area (Å²) in [5.74, 6) is 0. The van der Waals surface area contributed by atoms with E-state index in [1.807, 2.05) is 13.8 Å². The van der Waals surface area contributed by atoms with Crippen LogP contribution in [-0.2, 0) is 10.3 Å². The largest absolute Gasteiger partial charge is 0.379 e. The van der Waals surface area contributed by atoms with Crippen LogP contribution in [0, 0.1) is 0 Å². The number of imidazole rings is 1. The lowest BCUT2D eigenvalue weighted by Crippen LogP contribution is -2.48. The van der Waals surface area contributed by atoms with Crippen molar-refractivity contribution in [2.45, 2.75) is 19.4 Å². The first-order valence-corrected chi connectivity index (χ1v) is 7.70. The Labute approximate surface area is 130 Å². The lowest BCUT2D eigenvalue weighted by atomic mass is 10.0. The summed E-state index contributed by atoms with van der Waals surface area (Å²) in [6.07, 6.45) is 1.58. The number of morpholine rings is 1. The van der Waals surface area contributed by atoms with E-state index in [-0.39, 0.29) is 11.2 Å². The fraction of sp³-hybridized carbons (Fsp3) is 0.615. The lowest BCUT2D eigenvalue weighted by Gasteiger charge is -2.35. The van der Waals surface area contributed by atoms with Gasteiger partial charge in [-0.3, -0.25) is 14.5 Å². The summed E-state index contributed by atoms with van der Waals surface area (Å²) in [7, 11) is 0. The van der Waals surface area contributed by atoms with Gasteiger partial charge >= 0.3 is 5.69 Å². The Morgan fingerprint density at radius 2 is 2.14 bits per heavy atom. The van der Waals surface area contributed by atoms with E-state index in [4.69, 9.17) is 4.74 Å². The molecule has 0 radical (unpaired) electrons. The summed E-state index contributed by atoms with van der Waals surface area (Å²) >= 11 is 3.31.